The number of nitrogens with two attached hydrogens (primary N) is 1. The number of aryl methyl sites for hydroxylation is 1. The molecule has 0 bridgehead atoms. The fourth-order valence-electron chi connectivity index (χ4n) is 3.35. The number of imidazole rings is 1. The standard InChI is InChI=1S/C21H19N5O4S/c1-3-25-20-17(16(18(22)28)23-19(24-20)13-8-9-31-11-13)26(21(25)29)10-15(27)12-4-6-14(30-2)7-5-12/h4-9,11H,3,10H2,1-2H3,(H2,22,28). The lowest BCUT2D eigenvalue weighted by atomic mass is 10.1. The Morgan fingerprint density at radius 1 is 1.13 bits per heavy atom. The zero-order valence-electron chi connectivity index (χ0n) is 16.9. The van der Waals surface area contributed by atoms with Crippen LogP contribution in [0.2, 0.25) is 0 Å². The summed E-state index contributed by atoms with van der Waals surface area (Å²) in [6.45, 7) is 1.81. The highest BCUT2D eigenvalue weighted by molar-refractivity contribution is 7.08. The average Bonchev–Trinajstić information content (AvgIpc) is 3.40. The molecule has 2 N–H and O–H groups in total. The minimum absolute atomic E-state index is 0.0990. The van der Waals surface area contributed by atoms with Crippen molar-refractivity contribution in [3.63, 3.8) is 0 Å². The number of aromatic nitrogens is 4. The zero-order valence-corrected chi connectivity index (χ0v) is 17.7. The Morgan fingerprint density at radius 3 is 2.45 bits per heavy atom. The number of Topliss-reactive ketones (excluding diaryl/α,β-unsaturated/α-hetero) is 1. The first kappa shape index (κ1) is 20.5. The van der Waals surface area contributed by atoms with Gasteiger partial charge >= 0.3 is 5.69 Å². The van der Waals surface area contributed by atoms with E-state index in [-0.39, 0.29) is 29.2 Å². The number of carbonyl (C=O) groups excluding carboxylic acids is 2. The number of nitrogens with zero attached hydrogens (tertiary/aromatic N) is 4. The van der Waals surface area contributed by atoms with Crippen molar-refractivity contribution in [2.75, 3.05) is 7.11 Å². The van der Waals surface area contributed by atoms with Gasteiger partial charge in [0, 0.05) is 23.1 Å². The van der Waals surface area contributed by atoms with E-state index in [9.17, 15) is 14.4 Å². The lowest BCUT2D eigenvalue weighted by molar-refractivity contribution is 0.0966. The molecule has 4 rings (SSSR count). The summed E-state index contributed by atoms with van der Waals surface area (Å²) in [6.07, 6.45) is 0. The van der Waals surface area contributed by atoms with Crippen LogP contribution in [0.5, 0.6) is 5.75 Å². The number of rotatable bonds is 7. The van der Waals surface area contributed by atoms with Gasteiger partial charge in [-0.25, -0.2) is 14.8 Å². The molecule has 1 amide bonds. The van der Waals surface area contributed by atoms with Crippen molar-refractivity contribution in [1.29, 1.82) is 0 Å². The van der Waals surface area contributed by atoms with Gasteiger partial charge in [0.1, 0.15) is 11.3 Å². The minimum Gasteiger partial charge on any atom is -0.497 e. The first-order valence-corrected chi connectivity index (χ1v) is 10.4. The number of benzene rings is 1. The highest BCUT2D eigenvalue weighted by Crippen LogP contribution is 2.23. The highest BCUT2D eigenvalue weighted by Gasteiger charge is 2.24. The second-order valence-electron chi connectivity index (χ2n) is 6.71. The Labute approximate surface area is 180 Å². The topological polar surface area (TPSA) is 122 Å². The van der Waals surface area contributed by atoms with Crippen LogP contribution in [0.15, 0.2) is 45.9 Å². The number of hydrogen-bond acceptors (Lipinski definition) is 7. The Bertz CT molecular complexity index is 1340. The largest absolute Gasteiger partial charge is 0.497 e. The maximum Gasteiger partial charge on any atom is 0.330 e. The van der Waals surface area contributed by atoms with Crippen molar-refractivity contribution < 1.29 is 14.3 Å². The molecule has 9 nitrogen and oxygen atoms in total. The number of primary amides is 1. The summed E-state index contributed by atoms with van der Waals surface area (Å²) in [5, 5.41) is 3.70. The summed E-state index contributed by atoms with van der Waals surface area (Å²) in [7, 11) is 1.53. The van der Waals surface area contributed by atoms with Gasteiger partial charge < -0.3 is 10.5 Å². The smallest absolute Gasteiger partial charge is 0.330 e. The van der Waals surface area contributed by atoms with Crippen LogP contribution in [0.25, 0.3) is 22.6 Å². The molecule has 0 fully saturated rings. The summed E-state index contributed by atoms with van der Waals surface area (Å²) >= 11 is 1.46. The second-order valence-corrected chi connectivity index (χ2v) is 7.49. The molecule has 0 saturated carbocycles. The lowest BCUT2D eigenvalue weighted by Crippen LogP contribution is -2.27. The van der Waals surface area contributed by atoms with E-state index in [1.807, 2.05) is 16.8 Å². The number of carbonyl (C=O) groups is 2. The van der Waals surface area contributed by atoms with Crippen LogP contribution >= 0.6 is 11.3 Å². The number of fused-ring (bicyclic) bond motifs is 1. The SMILES string of the molecule is CCn1c(=O)n(CC(=O)c2ccc(OC)cc2)c2c(C(N)=O)nc(-c3ccsc3)nc21. The quantitative estimate of drug-likeness (QED) is 0.443. The summed E-state index contributed by atoms with van der Waals surface area (Å²) < 4.78 is 7.72. The van der Waals surface area contributed by atoms with Gasteiger partial charge in [-0.1, -0.05) is 0 Å². The molecule has 0 aliphatic heterocycles. The van der Waals surface area contributed by atoms with E-state index >= 15 is 0 Å². The van der Waals surface area contributed by atoms with Gasteiger partial charge in [-0.15, -0.1) is 0 Å². The monoisotopic (exact) mass is 437 g/mol. The van der Waals surface area contributed by atoms with Crippen molar-refractivity contribution in [2.24, 2.45) is 5.73 Å². The molecule has 0 spiro atoms. The lowest BCUT2D eigenvalue weighted by Gasteiger charge is -2.07. The van der Waals surface area contributed by atoms with Crippen molar-refractivity contribution >= 4 is 34.2 Å². The fraction of sp³-hybridized carbons (Fsp3) is 0.190. The normalized spacial score (nSPS) is 11.0. The number of hydrogen-bond donors (Lipinski definition) is 1. The van der Waals surface area contributed by atoms with Crippen molar-refractivity contribution in [2.45, 2.75) is 20.0 Å². The van der Waals surface area contributed by atoms with Gasteiger partial charge in [0.05, 0.1) is 13.7 Å². The number of amides is 1. The van der Waals surface area contributed by atoms with Crippen LogP contribution in [0.1, 0.15) is 27.8 Å². The minimum atomic E-state index is -0.803. The van der Waals surface area contributed by atoms with E-state index < -0.39 is 11.6 Å². The Balaban J connectivity index is 1.88. The summed E-state index contributed by atoms with van der Waals surface area (Å²) in [5.74, 6) is -0.204. The number of ether oxygens (including phenoxy) is 1. The first-order valence-electron chi connectivity index (χ1n) is 9.45. The summed E-state index contributed by atoms with van der Waals surface area (Å²) in [5.41, 5.74) is 6.57. The summed E-state index contributed by atoms with van der Waals surface area (Å²) in [6, 6.07) is 8.37. The van der Waals surface area contributed by atoms with E-state index in [1.165, 1.54) is 27.6 Å². The fourth-order valence-corrected chi connectivity index (χ4v) is 3.98. The Hall–Kier alpha value is -3.79. The second kappa shape index (κ2) is 8.15. The van der Waals surface area contributed by atoms with Crippen molar-refractivity contribution in [3.05, 3.63) is 62.8 Å². The molecule has 158 valence electrons. The molecule has 10 heteroatoms. The van der Waals surface area contributed by atoms with E-state index in [1.54, 1.807) is 31.2 Å². The molecule has 31 heavy (non-hydrogen) atoms. The number of methoxy groups -OCH3 is 1. The third-order valence-electron chi connectivity index (χ3n) is 4.90. The van der Waals surface area contributed by atoms with Crippen LogP contribution in [0.3, 0.4) is 0 Å². The van der Waals surface area contributed by atoms with Crippen molar-refractivity contribution in [1.82, 2.24) is 19.1 Å². The third-order valence-corrected chi connectivity index (χ3v) is 5.58. The summed E-state index contributed by atoms with van der Waals surface area (Å²) in [4.78, 5) is 47.0. The predicted octanol–water partition coefficient (Wildman–Crippen LogP) is 2.33. The maximum atomic E-state index is 13.1. The molecule has 0 unspecified atom stereocenters. The maximum absolute atomic E-state index is 13.1. The van der Waals surface area contributed by atoms with Gasteiger partial charge in [-0.05, 0) is 42.6 Å². The molecule has 0 atom stereocenters. The molecule has 1 aromatic carbocycles. The molecule has 3 aromatic heterocycles. The van der Waals surface area contributed by atoms with Gasteiger partial charge in [0.2, 0.25) is 0 Å². The first-order chi connectivity index (χ1) is 14.9. The molecule has 0 aliphatic carbocycles. The van der Waals surface area contributed by atoms with E-state index in [0.29, 0.717) is 29.2 Å². The molecule has 4 aromatic rings. The average molecular weight is 437 g/mol. The van der Waals surface area contributed by atoms with Gasteiger partial charge in [-0.2, -0.15) is 11.3 Å². The molecular formula is C21H19N5O4S. The third kappa shape index (κ3) is 3.61. The van der Waals surface area contributed by atoms with Crippen LogP contribution in [0, 0.1) is 0 Å². The molecule has 0 saturated heterocycles. The van der Waals surface area contributed by atoms with Crippen LogP contribution in [-0.2, 0) is 13.1 Å². The zero-order chi connectivity index (χ0) is 22.1. The number of ketones is 1. The van der Waals surface area contributed by atoms with Gasteiger partial charge in [0.25, 0.3) is 5.91 Å². The molecule has 3 heterocycles. The predicted molar refractivity (Wildman–Crippen MR) is 117 cm³/mol. The molecule has 0 aliphatic rings. The highest BCUT2D eigenvalue weighted by atomic mass is 32.1. The number of thiophene rings is 1. The van der Waals surface area contributed by atoms with E-state index in [2.05, 4.69) is 9.97 Å². The van der Waals surface area contributed by atoms with Crippen LogP contribution < -0.4 is 16.2 Å². The Morgan fingerprint density at radius 2 is 1.87 bits per heavy atom. The van der Waals surface area contributed by atoms with Crippen LogP contribution in [-0.4, -0.2) is 37.9 Å². The van der Waals surface area contributed by atoms with Crippen LogP contribution in [0.4, 0.5) is 0 Å². The molecular weight excluding hydrogens is 418 g/mol. The molecule has 0 radical (unpaired) electrons. The van der Waals surface area contributed by atoms with E-state index in [0.717, 1.165) is 0 Å². The van der Waals surface area contributed by atoms with Gasteiger partial charge in [-0.3, -0.25) is 18.7 Å². The van der Waals surface area contributed by atoms with E-state index in [4.69, 9.17) is 10.5 Å². The van der Waals surface area contributed by atoms with Crippen molar-refractivity contribution in [3.8, 4) is 17.1 Å². The Kier molecular flexibility index (Phi) is 5.38. The van der Waals surface area contributed by atoms with Gasteiger partial charge in [0.15, 0.2) is 22.9 Å².